The van der Waals surface area contributed by atoms with E-state index in [1.54, 1.807) is 17.0 Å². The molecule has 1 amide bonds. The number of halogens is 1. The fourth-order valence-corrected chi connectivity index (χ4v) is 2.52. The van der Waals surface area contributed by atoms with Gasteiger partial charge in [0.2, 0.25) is 0 Å². The Balaban J connectivity index is 1.68. The van der Waals surface area contributed by atoms with Crippen molar-refractivity contribution in [1.29, 1.82) is 0 Å². The van der Waals surface area contributed by atoms with Crippen LogP contribution in [-0.4, -0.2) is 36.5 Å². The molecule has 1 saturated heterocycles. The zero-order chi connectivity index (χ0) is 15.8. The van der Waals surface area contributed by atoms with Crippen LogP contribution >= 0.6 is 0 Å². The van der Waals surface area contributed by atoms with E-state index in [0.29, 0.717) is 6.42 Å². The average molecular weight is 307 g/mol. The Morgan fingerprint density at radius 1 is 1.05 bits per heavy atom. The monoisotopic (exact) mass is 307 g/mol. The van der Waals surface area contributed by atoms with Crippen LogP contribution in [0.4, 0.5) is 4.39 Å². The summed E-state index contributed by atoms with van der Waals surface area (Å²) in [5.41, 5.74) is 0.872. The SMILES string of the molecule is O=C(CCc1ccc(F)cc1)OCC(=O)N1CCCCCC1. The maximum Gasteiger partial charge on any atom is 0.306 e. The number of carbonyl (C=O) groups excluding carboxylic acids is 2. The predicted molar refractivity (Wildman–Crippen MR) is 80.7 cm³/mol. The van der Waals surface area contributed by atoms with Gasteiger partial charge in [-0.05, 0) is 37.0 Å². The second-order valence-corrected chi connectivity index (χ2v) is 5.58. The molecule has 0 radical (unpaired) electrons. The molecule has 1 aliphatic heterocycles. The number of nitrogens with zero attached hydrogens (tertiary/aromatic N) is 1. The highest BCUT2D eigenvalue weighted by Gasteiger charge is 2.17. The predicted octanol–water partition coefficient (Wildman–Crippen LogP) is 2.70. The van der Waals surface area contributed by atoms with Crippen molar-refractivity contribution < 1.29 is 18.7 Å². The van der Waals surface area contributed by atoms with Gasteiger partial charge in [0.05, 0.1) is 0 Å². The number of aryl methyl sites for hydroxylation is 1. The van der Waals surface area contributed by atoms with Gasteiger partial charge in [-0.3, -0.25) is 9.59 Å². The van der Waals surface area contributed by atoms with Gasteiger partial charge in [-0.25, -0.2) is 4.39 Å². The molecule has 0 aromatic heterocycles. The lowest BCUT2D eigenvalue weighted by Crippen LogP contribution is -2.35. The van der Waals surface area contributed by atoms with Crippen LogP contribution in [0.15, 0.2) is 24.3 Å². The number of ether oxygens (including phenoxy) is 1. The number of esters is 1. The van der Waals surface area contributed by atoms with Crippen molar-refractivity contribution >= 4 is 11.9 Å². The van der Waals surface area contributed by atoms with E-state index in [4.69, 9.17) is 4.74 Å². The molecule has 1 heterocycles. The van der Waals surface area contributed by atoms with Gasteiger partial charge in [0.1, 0.15) is 5.82 Å². The summed E-state index contributed by atoms with van der Waals surface area (Å²) in [7, 11) is 0. The standard InChI is InChI=1S/C17H22FNO3/c18-15-8-5-14(6-9-15)7-10-17(21)22-13-16(20)19-11-3-1-2-4-12-19/h5-6,8-9H,1-4,7,10-13H2. The molecule has 0 spiro atoms. The summed E-state index contributed by atoms with van der Waals surface area (Å²) < 4.78 is 17.8. The lowest BCUT2D eigenvalue weighted by Gasteiger charge is -2.19. The summed E-state index contributed by atoms with van der Waals surface area (Å²) in [5, 5.41) is 0. The van der Waals surface area contributed by atoms with E-state index in [0.717, 1.165) is 44.3 Å². The molecule has 5 heteroatoms. The molecule has 0 atom stereocenters. The molecular formula is C17H22FNO3. The highest BCUT2D eigenvalue weighted by molar-refractivity contribution is 5.80. The molecule has 1 aromatic rings. The van der Waals surface area contributed by atoms with Crippen LogP contribution in [0.3, 0.4) is 0 Å². The van der Waals surface area contributed by atoms with Gasteiger partial charge in [-0.1, -0.05) is 25.0 Å². The Morgan fingerprint density at radius 3 is 2.32 bits per heavy atom. The highest BCUT2D eigenvalue weighted by Crippen LogP contribution is 2.10. The number of carbonyl (C=O) groups is 2. The molecule has 0 aliphatic carbocycles. The van der Waals surface area contributed by atoms with Crippen molar-refractivity contribution in [2.24, 2.45) is 0 Å². The Morgan fingerprint density at radius 2 is 1.68 bits per heavy atom. The topological polar surface area (TPSA) is 46.6 Å². The zero-order valence-electron chi connectivity index (χ0n) is 12.7. The van der Waals surface area contributed by atoms with Crippen molar-refractivity contribution in [1.82, 2.24) is 4.90 Å². The molecule has 0 bridgehead atoms. The van der Waals surface area contributed by atoms with Crippen molar-refractivity contribution in [2.45, 2.75) is 38.5 Å². The van der Waals surface area contributed by atoms with Crippen molar-refractivity contribution in [2.75, 3.05) is 19.7 Å². The number of rotatable bonds is 5. The molecule has 120 valence electrons. The van der Waals surface area contributed by atoms with Gasteiger partial charge in [-0.2, -0.15) is 0 Å². The Kier molecular flexibility index (Phi) is 6.37. The molecule has 0 saturated carbocycles. The summed E-state index contributed by atoms with van der Waals surface area (Å²) in [5.74, 6) is -0.807. The first kappa shape index (κ1) is 16.5. The van der Waals surface area contributed by atoms with E-state index in [1.165, 1.54) is 12.1 Å². The van der Waals surface area contributed by atoms with Crippen LogP contribution in [0, 0.1) is 5.82 Å². The first-order valence-corrected chi connectivity index (χ1v) is 7.83. The van der Waals surface area contributed by atoms with Gasteiger partial charge >= 0.3 is 5.97 Å². The normalized spacial score (nSPS) is 15.2. The van der Waals surface area contributed by atoms with Gasteiger partial charge in [-0.15, -0.1) is 0 Å². The van der Waals surface area contributed by atoms with Crippen molar-refractivity contribution in [3.63, 3.8) is 0 Å². The summed E-state index contributed by atoms with van der Waals surface area (Å²) in [6, 6.07) is 6.02. The maximum atomic E-state index is 12.8. The third-order valence-corrected chi connectivity index (χ3v) is 3.85. The molecule has 1 fully saturated rings. The van der Waals surface area contributed by atoms with Crippen LogP contribution in [-0.2, 0) is 20.7 Å². The highest BCUT2D eigenvalue weighted by atomic mass is 19.1. The van der Waals surface area contributed by atoms with E-state index in [9.17, 15) is 14.0 Å². The number of likely N-dealkylation sites (tertiary alicyclic amines) is 1. The third kappa shape index (κ3) is 5.47. The third-order valence-electron chi connectivity index (χ3n) is 3.85. The molecule has 0 unspecified atom stereocenters. The smallest absolute Gasteiger partial charge is 0.306 e. The average Bonchev–Trinajstić information content (AvgIpc) is 2.81. The van der Waals surface area contributed by atoms with E-state index >= 15 is 0 Å². The Labute approximate surface area is 130 Å². The number of hydrogen-bond donors (Lipinski definition) is 0. The summed E-state index contributed by atoms with van der Waals surface area (Å²) >= 11 is 0. The fourth-order valence-electron chi connectivity index (χ4n) is 2.52. The van der Waals surface area contributed by atoms with E-state index in [2.05, 4.69) is 0 Å². The van der Waals surface area contributed by atoms with E-state index < -0.39 is 5.97 Å². The van der Waals surface area contributed by atoms with Crippen molar-refractivity contribution in [3.05, 3.63) is 35.6 Å². The lowest BCUT2D eigenvalue weighted by atomic mass is 10.1. The molecule has 1 aliphatic rings. The Bertz CT molecular complexity index is 493. The Hall–Kier alpha value is -1.91. The molecule has 2 rings (SSSR count). The van der Waals surface area contributed by atoms with Gasteiger partial charge in [0, 0.05) is 19.5 Å². The summed E-state index contributed by atoms with van der Waals surface area (Å²) in [6.45, 7) is 1.33. The zero-order valence-corrected chi connectivity index (χ0v) is 12.7. The lowest BCUT2D eigenvalue weighted by molar-refractivity contribution is -0.152. The van der Waals surface area contributed by atoms with Crippen LogP contribution in [0.25, 0.3) is 0 Å². The number of benzene rings is 1. The fraction of sp³-hybridized carbons (Fsp3) is 0.529. The van der Waals surface area contributed by atoms with Gasteiger partial charge < -0.3 is 9.64 Å². The van der Waals surface area contributed by atoms with Crippen LogP contribution in [0.2, 0.25) is 0 Å². The molecular weight excluding hydrogens is 285 g/mol. The van der Waals surface area contributed by atoms with Crippen molar-refractivity contribution in [3.8, 4) is 0 Å². The number of amides is 1. The molecule has 1 aromatic carbocycles. The first-order chi connectivity index (χ1) is 10.6. The minimum atomic E-state index is -0.396. The number of hydrogen-bond acceptors (Lipinski definition) is 3. The van der Waals surface area contributed by atoms with Crippen LogP contribution in [0.1, 0.15) is 37.7 Å². The maximum absolute atomic E-state index is 12.8. The molecule has 22 heavy (non-hydrogen) atoms. The summed E-state index contributed by atoms with van der Waals surface area (Å²) in [6.07, 6.45) is 5.02. The molecule has 4 nitrogen and oxygen atoms in total. The minimum absolute atomic E-state index is 0.114. The van der Waals surface area contributed by atoms with E-state index in [-0.39, 0.29) is 24.8 Å². The van der Waals surface area contributed by atoms with E-state index in [1.807, 2.05) is 0 Å². The summed E-state index contributed by atoms with van der Waals surface area (Å²) in [4.78, 5) is 25.4. The molecule has 0 N–H and O–H groups in total. The largest absolute Gasteiger partial charge is 0.456 e. The van der Waals surface area contributed by atoms with Gasteiger partial charge in [0.15, 0.2) is 6.61 Å². The van der Waals surface area contributed by atoms with Crippen LogP contribution < -0.4 is 0 Å². The first-order valence-electron chi connectivity index (χ1n) is 7.83. The second kappa shape index (κ2) is 8.51. The van der Waals surface area contributed by atoms with Crippen LogP contribution in [0.5, 0.6) is 0 Å². The second-order valence-electron chi connectivity index (χ2n) is 5.58. The quantitative estimate of drug-likeness (QED) is 0.786. The minimum Gasteiger partial charge on any atom is -0.456 e. The van der Waals surface area contributed by atoms with Gasteiger partial charge in [0.25, 0.3) is 5.91 Å².